The van der Waals surface area contributed by atoms with Crippen LogP contribution in [0.15, 0.2) is 89.8 Å². The molecule has 1 aliphatic heterocycles. The number of aromatic nitrogens is 2. The van der Waals surface area contributed by atoms with E-state index in [1.54, 1.807) is 24.3 Å². The van der Waals surface area contributed by atoms with Gasteiger partial charge in [0.1, 0.15) is 29.1 Å². The van der Waals surface area contributed by atoms with E-state index in [-0.39, 0.29) is 5.92 Å². The van der Waals surface area contributed by atoms with Crippen LogP contribution >= 0.6 is 0 Å². The van der Waals surface area contributed by atoms with Crippen LogP contribution in [0, 0.1) is 5.41 Å². The van der Waals surface area contributed by atoms with Crippen molar-refractivity contribution in [3.05, 3.63) is 113 Å². The van der Waals surface area contributed by atoms with E-state index in [4.69, 9.17) is 19.3 Å². The number of nitrogens with zero attached hydrogens (tertiary/aromatic N) is 2. The maximum Gasteiger partial charge on any atom is 0.228 e. The van der Waals surface area contributed by atoms with Crippen molar-refractivity contribution in [2.24, 2.45) is 0 Å². The van der Waals surface area contributed by atoms with Crippen molar-refractivity contribution >= 4 is 10.8 Å². The molecule has 0 saturated heterocycles. The fourth-order valence-electron chi connectivity index (χ4n) is 4.66. The average Bonchev–Trinajstić information content (AvgIpc) is 3.37. The molecule has 0 amide bonds. The molecule has 5 aromatic rings. The van der Waals surface area contributed by atoms with Crippen LogP contribution in [-0.2, 0) is 6.54 Å². The zero-order valence-electron chi connectivity index (χ0n) is 18.0. The normalized spacial score (nSPS) is 14.4. The minimum Gasteiger partial charge on any atom is -0.496 e. The summed E-state index contributed by atoms with van der Waals surface area (Å²) in [5.41, 5.74) is 3.01. The molecule has 162 valence electrons. The third-order valence-electron chi connectivity index (χ3n) is 6.16. The Balaban J connectivity index is 1.65. The second-order valence-corrected chi connectivity index (χ2v) is 7.99. The number of ether oxygens (including phenoxy) is 2. The average molecular weight is 435 g/mol. The molecule has 0 aliphatic carbocycles. The van der Waals surface area contributed by atoms with Gasteiger partial charge < -0.3 is 18.5 Å². The van der Waals surface area contributed by atoms with Gasteiger partial charge in [-0.3, -0.25) is 5.41 Å². The highest BCUT2D eigenvalue weighted by Crippen LogP contribution is 2.49. The summed E-state index contributed by atoms with van der Waals surface area (Å²) in [5, 5.41) is 11.3. The summed E-state index contributed by atoms with van der Waals surface area (Å²) in [7, 11) is 1.67. The van der Waals surface area contributed by atoms with Crippen molar-refractivity contribution in [1.82, 2.24) is 9.55 Å². The van der Waals surface area contributed by atoms with Crippen LogP contribution in [0.5, 0.6) is 17.4 Å². The first-order valence-corrected chi connectivity index (χ1v) is 10.7. The van der Waals surface area contributed by atoms with Crippen LogP contribution in [0.2, 0.25) is 0 Å². The van der Waals surface area contributed by atoms with Crippen molar-refractivity contribution in [1.29, 1.82) is 5.41 Å². The van der Waals surface area contributed by atoms with Gasteiger partial charge in [-0.15, -0.1) is 0 Å². The van der Waals surface area contributed by atoms with Gasteiger partial charge in [0.25, 0.3) is 0 Å². The first-order valence-electron chi connectivity index (χ1n) is 10.7. The van der Waals surface area contributed by atoms with Crippen molar-refractivity contribution in [3.63, 3.8) is 0 Å². The lowest BCUT2D eigenvalue weighted by Gasteiger charge is -2.30. The minimum absolute atomic E-state index is 0.282. The summed E-state index contributed by atoms with van der Waals surface area (Å²) in [6, 6.07) is 24.0. The number of fused-ring (bicyclic) bond motifs is 4. The first kappa shape index (κ1) is 19.4. The monoisotopic (exact) mass is 435 g/mol. The summed E-state index contributed by atoms with van der Waals surface area (Å²) in [6.45, 7) is 0.410. The molecule has 6 rings (SSSR count). The fourth-order valence-corrected chi connectivity index (χ4v) is 4.66. The van der Waals surface area contributed by atoms with Gasteiger partial charge in [-0.1, -0.05) is 48.5 Å². The van der Waals surface area contributed by atoms with Crippen molar-refractivity contribution in [3.8, 4) is 17.4 Å². The Bertz CT molecular complexity index is 1540. The predicted octanol–water partition coefficient (Wildman–Crippen LogP) is 5.45. The summed E-state index contributed by atoms with van der Waals surface area (Å²) >= 11 is 0. The highest BCUT2D eigenvalue weighted by Gasteiger charge is 2.35. The van der Waals surface area contributed by atoms with E-state index in [0.717, 1.165) is 39.2 Å². The molecule has 6 nitrogen and oxygen atoms in total. The standard InChI is InChI=1S/C27H21N3O3/c1-31-21-11-5-4-10-20(21)24-23-19-9-3-2-7-17(19)12-13-22(23)33-27-25(24)26(28)30(16-29-27)15-18-8-6-14-32-18/h2-14,16,24,28H,15H2,1H3. The lowest BCUT2D eigenvalue weighted by Crippen LogP contribution is -2.30. The smallest absolute Gasteiger partial charge is 0.228 e. The molecule has 3 heterocycles. The molecular weight excluding hydrogens is 414 g/mol. The number of methoxy groups -OCH3 is 1. The SMILES string of the molecule is COc1ccccc1C1c2c(ncn(Cc3ccco3)c2=N)Oc2ccc3ccccc3c21. The van der Waals surface area contributed by atoms with Crippen LogP contribution in [0.4, 0.5) is 0 Å². The zero-order chi connectivity index (χ0) is 22.4. The van der Waals surface area contributed by atoms with E-state index in [1.165, 1.54) is 0 Å². The first-order chi connectivity index (χ1) is 16.2. The van der Waals surface area contributed by atoms with Crippen LogP contribution < -0.4 is 15.0 Å². The summed E-state index contributed by atoms with van der Waals surface area (Å²) in [5.74, 6) is 2.42. The van der Waals surface area contributed by atoms with E-state index in [1.807, 2.05) is 54.6 Å². The Kier molecular flexibility index (Phi) is 4.50. The number of furan rings is 1. The van der Waals surface area contributed by atoms with E-state index < -0.39 is 0 Å². The fraction of sp³-hybridized carbons (Fsp3) is 0.111. The highest BCUT2D eigenvalue weighted by molar-refractivity contribution is 5.90. The van der Waals surface area contributed by atoms with Gasteiger partial charge in [0.05, 0.1) is 31.4 Å². The van der Waals surface area contributed by atoms with Gasteiger partial charge >= 0.3 is 0 Å². The van der Waals surface area contributed by atoms with Crippen LogP contribution in [0.1, 0.15) is 28.4 Å². The second-order valence-electron chi connectivity index (χ2n) is 7.99. The molecule has 0 spiro atoms. The molecule has 0 saturated carbocycles. The molecule has 0 bridgehead atoms. The molecule has 33 heavy (non-hydrogen) atoms. The lowest BCUT2D eigenvalue weighted by atomic mass is 9.81. The number of hydrogen-bond acceptors (Lipinski definition) is 5. The number of nitrogens with one attached hydrogen (secondary N) is 1. The molecule has 1 atom stereocenters. The van der Waals surface area contributed by atoms with Gasteiger partial charge in [-0.05, 0) is 35.0 Å². The number of rotatable bonds is 4. The van der Waals surface area contributed by atoms with E-state index in [0.29, 0.717) is 23.5 Å². The van der Waals surface area contributed by atoms with Crippen LogP contribution in [0.3, 0.4) is 0 Å². The van der Waals surface area contributed by atoms with Gasteiger partial charge in [0.15, 0.2) is 0 Å². The quantitative estimate of drug-likeness (QED) is 0.400. The largest absolute Gasteiger partial charge is 0.496 e. The Labute approximate surface area is 190 Å². The van der Waals surface area contributed by atoms with E-state index in [2.05, 4.69) is 23.2 Å². The van der Waals surface area contributed by atoms with Gasteiger partial charge in [-0.25, -0.2) is 4.98 Å². The number of hydrogen-bond donors (Lipinski definition) is 1. The lowest BCUT2D eigenvalue weighted by molar-refractivity contribution is 0.400. The molecular formula is C27H21N3O3. The molecule has 0 fully saturated rings. The van der Waals surface area contributed by atoms with Crippen molar-refractivity contribution < 1.29 is 13.9 Å². The molecule has 3 aromatic carbocycles. The van der Waals surface area contributed by atoms with Gasteiger partial charge in [0.2, 0.25) is 5.88 Å². The van der Waals surface area contributed by atoms with Gasteiger partial charge in [0, 0.05) is 11.1 Å². The topological polar surface area (TPSA) is 73.3 Å². The van der Waals surface area contributed by atoms with Crippen LogP contribution in [0.25, 0.3) is 10.8 Å². The second kappa shape index (κ2) is 7.67. The minimum atomic E-state index is -0.282. The third-order valence-corrected chi connectivity index (χ3v) is 6.16. The Morgan fingerprint density at radius 1 is 0.970 bits per heavy atom. The Morgan fingerprint density at radius 2 is 1.82 bits per heavy atom. The van der Waals surface area contributed by atoms with Gasteiger partial charge in [-0.2, -0.15) is 0 Å². The summed E-state index contributed by atoms with van der Waals surface area (Å²) in [6.07, 6.45) is 3.27. The van der Waals surface area contributed by atoms with Crippen LogP contribution in [-0.4, -0.2) is 16.7 Å². The molecule has 6 heteroatoms. The van der Waals surface area contributed by atoms with E-state index in [9.17, 15) is 0 Å². The Hall–Kier alpha value is -4.32. The summed E-state index contributed by atoms with van der Waals surface area (Å²) < 4.78 is 19.3. The predicted molar refractivity (Wildman–Crippen MR) is 124 cm³/mol. The summed E-state index contributed by atoms with van der Waals surface area (Å²) in [4.78, 5) is 4.61. The molecule has 2 aromatic heterocycles. The number of para-hydroxylation sites is 1. The highest BCUT2D eigenvalue weighted by atomic mass is 16.5. The number of benzene rings is 3. The third kappa shape index (κ3) is 3.10. The maximum absolute atomic E-state index is 9.14. The molecule has 1 unspecified atom stereocenters. The maximum atomic E-state index is 9.14. The van der Waals surface area contributed by atoms with Crippen molar-refractivity contribution in [2.45, 2.75) is 12.5 Å². The van der Waals surface area contributed by atoms with E-state index >= 15 is 0 Å². The molecule has 1 N–H and O–H groups in total. The molecule has 1 aliphatic rings. The van der Waals surface area contributed by atoms with Crippen molar-refractivity contribution in [2.75, 3.05) is 7.11 Å². The Morgan fingerprint density at radius 3 is 2.67 bits per heavy atom. The molecule has 0 radical (unpaired) electrons. The zero-order valence-corrected chi connectivity index (χ0v) is 18.0.